The molecule has 4 atom stereocenters. The maximum absolute atomic E-state index is 13.4. The lowest BCUT2D eigenvalue weighted by Gasteiger charge is -2.42. The van der Waals surface area contributed by atoms with Crippen molar-refractivity contribution in [1.29, 1.82) is 5.41 Å². The van der Waals surface area contributed by atoms with Crippen LogP contribution < -0.4 is 20.1 Å². The van der Waals surface area contributed by atoms with Gasteiger partial charge in [0.2, 0.25) is 11.8 Å². The normalized spacial score (nSPS) is 27.3. The van der Waals surface area contributed by atoms with Gasteiger partial charge in [-0.25, -0.2) is 0 Å². The van der Waals surface area contributed by atoms with Crippen LogP contribution in [0.1, 0.15) is 65.0 Å². The van der Waals surface area contributed by atoms with Gasteiger partial charge in [0.05, 0.1) is 18.7 Å². The van der Waals surface area contributed by atoms with Crippen LogP contribution in [-0.4, -0.2) is 60.7 Å². The molecule has 4 rings (SSSR count). The predicted octanol–water partition coefficient (Wildman–Crippen LogP) is 2.99. The van der Waals surface area contributed by atoms with E-state index in [1.807, 2.05) is 45.9 Å². The number of methoxy groups -OCH3 is 2. The van der Waals surface area contributed by atoms with Crippen LogP contribution in [0, 0.1) is 17.2 Å². The Balaban J connectivity index is 1.51. The van der Waals surface area contributed by atoms with Gasteiger partial charge in [-0.05, 0) is 58.6 Å². The Morgan fingerprint density at radius 3 is 2.71 bits per heavy atom. The van der Waals surface area contributed by atoms with Gasteiger partial charge in [0, 0.05) is 44.1 Å². The number of carbonyl (C=O) groups is 2. The third-order valence-corrected chi connectivity index (χ3v) is 7.17. The fourth-order valence-corrected chi connectivity index (χ4v) is 5.55. The Morgan fingerprint density at radius 2 is 2.06 bits per heavy atom. The molecule has 1 aliphatic carbocycles. The Bertz CT molecular complexity index is 987. The molecule has 1 aromatic carbocycles. The number of hydrogen-bond acceptors (Lipinski definition) is 6. The molecule has 0 bridgehead atoms. The molecular formula is C26H38N4O5. The highest BCUT2D eigenvalue weighted by Gasteiger charge is 2.53. The van der Waals surface area contributed by atoms with Crippen LogP contribution in [0.15, 0.2) is 18.2 Å². The van der Waals surface area contributed by atoms with Crippen molar-refractivity contribution in [2.75, 3.05) is 20.8 Å². The van der Waals surface area contributed by atoms with Gasteiger partial charge in [-0.15, -0.1) is 0 Å². The molecule has 35 heavy (non-hydrogen) atoms. The second-order valence-corrected chi connectivity index (χ2v) is 11.2. The van der Waals surface area contributed by atoms with Crippen LogP contribution in [0.2, 0.25) is 0 Å². The lowest BCUT2D eigenvalue weighted by molar-refractivity contribution is -0.133. The van der Waals surface area contributed by atoms with Crippen LogP contribution >= 0.6 is 0 Å². The van der Waals surface area contributed by atoms with Crippen molar-refractivity contribution in [2.24, 2.45) is 11.8 Å². The van der Waals surface area contributed by atoms with Gasteiger partial charge in [0.15, 0.2) is 5.96 Å². The topological polar surface area (TPSA) is 113 Å². The molecule has 9 nitrogen and oxygen atoms in total. The van der Waals surface area contributed by atoms with E-state index >= 15 is 0 Å². The number of fused-ring (bicyclic) bond motifs is 1. The van der Waals surface area contributed by atoms with Crippen LogP contribution in [0.25, 0.3) is 0 Å². The minimum absolute atomic E-state index is 0.0255. The Labute approximate surface area is 207 Å². The highest BCUT2D eigenvalue weighted by atomic mass is 16.5. The van der Waals surface area contributed by atoms with Crippen molar-refractivity contribution >= 4 is 17.8 Å². The maximum atomic E-state index is 13.4. The summed E-state index contributed by atoms with van der Waals surface area (Å²) in [6.45, 7) is 8.30. The van der Waals surface area contributed by atoms with Gasteiger partial charge in [-0.1, -0.05) is 6.07 Å². The maximum Gasteiger partial charge on any atom is 0.231 e. The number of hydrogen-bond donors (Lipinski definition) is 3. The third kappa shape index (κ3) is 5.24. The lowest BCUT2D eigenvalue weighted by atomic mass is 9.89. The summed E-state index contributed by atoms with van der Waals surface area (Å²) in [5.41, 5.74) is -0.0380. The molecule has 9 heteroatoms. The zero-order valence-electron chi connectivity index (χ0n) is 21.6. The molecule has 2 fully saturated rings. The standard InChI is InChI=1S/C26H38N4O5/c1-25(2)14-21(31)30(24(27)29-25)18(10-11-33-5)15-12-16(15)23(32)28-17-13-26(3,4)35-20-9-7-8-19(34-6)22(17)20/h7-9,15-18H,10-14H2,1-6H3,(H2,27,29)(H,28,32)/t15-,16-,17?,18+/m1/s1. The first kappa shape index (κ1) is 25.3. The van der Waals surface area contributed by atoms with Crippen LogP contribution in [-0.2, 0) is 14.3 Å². The van der Waals surface area contributed by atoms with Gasteiger partial charge in [-0.3, -0.25) is 19.9 Å². The van der Waals surface area contributed by atoms with Crippen molar-refractivity contribution in [2.45, 2.75) is 76.6 Å². The summed E-state index contributed by atoms with van der Waals surface area (Å²) in [7, 11) is 3.24. The molecule has 2 heterocycles. The lowest BCUT2D eigenvalue weighted by Crippen LogP contribution is -2.63. The van der Waals surface area contributed by atoms with Gasteiger partial charge in [0.25, 0.3) is 0 Å². The van der Waals surface area contributed by atoms with Crippen molar-refractivity contribution in [3.05, 3.63) is 23.8 Å². The van der Waals surface area contributed by atoms with E-state index in [1.165, 1.54) is 4.90 Å². The van der Waals surface area contributed by atoms with E-state index in [0.717, 1.165) is 11.3 Å². The second kappa shape index (κ2) is 9.33. The first-order chi connectivity index (χ1) is 16.5. The molecule has 0 radical (unpaired) electrons. The number of rotatable bonds is 8. The molecule has 3 N–H and O–H groups in total. The van der Waals surface area contributed by atoms with E-state index in [1.54, 1.807) is 14.2 Å². The fraction of sp³-hybridized carbons (Fsp3) is 0.654. The summed E-state index contributed by atoms with van der Waals surface area (Å²) in [5.74, 6) is 1.13. The fourth-order valence-electron chi connectivity index (χ4n) is 5.55. The van der Waals surface area contributed by atoms with Gasteiger partial charge >= 0.3 is 0 Å². The SMILES string of the molecule is COCC[C@@H]([C@@H]1C[C@H]1C(=O)NC1CC(C)(C)Oc2cccc(OC)c21)N1C(=N)NC(C)(C)CC1=O. The smallest absolute Gasteiger partial charge is 0.231 e. The van der Waals surface area contributed by atoms with Crippen molar-refractivity contribution in [3.8, 4) is 11.5 Å². The van der Waals surface area contributed by atoms with Crippen LogP contribution in [0.5, 0.6) is 11.5 Å². The molecule has 1 unspecified atom stereocenters. The quantitative estimate of drug-likeness (QED) is 0.521. The molecule has 2 amide bonds. The predicted molar refractivity (Wildman–Crippen MR) is 131 cm³/mol. The monoisotopic (exact) mass is 486 g/mol. The molecule has 3 aliphatic rings. The summed E-state index contributed by atoms with van der Waals surface area (Å²) >= 11 is 0. The number of nitrogens with one attached hydrogen (secondary N) is 3. The summed E-state index contributed by atoms with van der Waals surface area (Å²) in [6, 6.07) is 5.16. The molecule has 1 saturated heterocycles. The molecule has 2 aliphatic heterocycles. The molecule has 192 valence electrons. The number of amides is 2. The summed E-state index contributed by atoms with van der Waals surface area (Å²) in [5, 5.41) is 14.9. The number of nitrogens with zero attached hydrogens (tertiary/aromatic N) is 1. The number of guanidine groups is 1. The van der Waals surface area contributed by atoms with E-state index in [4.69, 9.17) is 19.6 Å². The largest absolute Gasteiger partial charge is 0.496 e. The second-order valence-electron chi connectivity index (χ2n) is 11.2. The molecule has 1 aromatic rings. The van der Waals surface area contributed by atoms with Crippen LogP contribution in [0.3, 0.4) is 0 Å². The number of carbonyl (C=O) groups excluding carboxylic acids is 2. The molecular weight excluding hydrogens is 448 g/mol. The number of ether oxygens (including phenoxy) is 3. The summed E-state index contributed by atoms with van der Waals surface area (Å²) < 4.78 is 17.0. The van der Waals surface area contributed by atoms with E-state index in [2.05, 4.69) is 10.6 Å². The zero-order chi connectivity index (χ0) is 25.5. The molecule has 1 saturated carbocycles. The Hall–Kier alpha value is -2.81. The summed E-state index contributed by atoms with van der Waals surface area (Å²) in [6.07, 6.45) is 2.16. The van der Waals surface area contributed by atoms with Crippen molar-refractivity contribution in [1.82, 2.24) is 15.5 Å². The van der Waals surface area contributed by atoms with E-state index < -0.39 is 11.1 Å². The highest BCUT2D eigenvalue weighted by Crippen LogP contribution is 2.48. The third-order valence-electron chi connectivity index (χ3n) is 7.17. The first-order valence-electron chi connectivity index (χ1n) is 12.3. The summed E-state index contributed by atoms with van der Waals surface area (Å²) in [4.78, 5) is 28.0. The van der Waals surface area contributed by atoms with Crippen molar-refractivity contribution < 1.29 is 23.8 Å². The van der Waals surface area contributed by atoms with Crippen LogP contribution in [0.4, 0.5) is 0 Å². The van der Waals surface area contributed by atoms with E-state index in [0.29, 0.717) is 38.0 Å². The molecule has 0 spiro atoms. The average Bonchev–Trinajstić information content (AvgIpc) is 3.54. The first-order valence-corrected chi connectivity index (χ1v) is 12.3. The van der Waals surface area contributed by atoms with Gasteiger partial charge in [-0.2, -0.15) is 0 Å². The number of benzene rings is 1. The van der Waals surface area contributed by atoms with Gasteiger partial charge in [0.1, 0.15) is 17.1 Å². The Morgan fingerprint density at radius 1 is 1.31 bits per heavy atom. The average molecular weight is 487 g/mol. The highest BCUT2D eigenvalue weighted by molar-refractivity contribution is 5.99. The van der Waals surface area contributed by atoms with Gasteiger partial charge < -0.3 is 24.8 Å². The molecule has 0 aromatic heterocycles. The van der Waals surface area contributed by atoms with E-state index in [-0.39, 0.29) is 41.7 Å². The minimum Gasteiger partial charge on any atom is -0.496 e. The zero-order valence-corrected chi connectivity index (χ0v) is 21.6. The Kier molecular flexibility index (Phi) is 6.74. The van der Waals surface area contributed by atoms with Crippen molar-refractivity contribution in [3.63, 3.8) is 0 Å². The minimum atomic E-state index is -0.459. The van der Waals surface area contributed by atoms with E-state index in [9.17, 15) is 9.59 Å².